The van der Waals surface area contributed by atoms with Crippen molar-refractivity contribution in [3.05, 3.63) is 10.2 Å². The predicted molar refractivity (Wildman–Crippen MR) is 79.6 cm³/mol. The minimum Gasteiger partial charge on any atom is -0.369 e. The van der Waals surface area contributed by atoms with E-state index >= 15 is 0 Å². The van der Waals surface area contributed by atoms with Gasteiger partial charge >= 0.3 is 0 Å². The van der Waals surface area contributed by atoms with Crippen LogP contribution >= 0.6 is 15.9 Å². The van der Waals surface area contributed by atoms with E-state index in [-0.39, 0.29) is 0 Å². The number of nitrogens with zero attached hydrogens (tertiary/aromatic N) is 2. The fourth-order valence-corrected chi connectivity index (χ4v) is 4.29. The largest absolute Gasteiger partial charge is 0.369 e. The average molecular weight is 325 g/mol. The summed E-state index contributed by atoms with van der Waals surface area (Å²) < 4.78 is 3.52. The van der Waals surface area contributed by atoms with E-state index in [4.69, 9.17) is 5.10 Å². The van der Waals surface area contributed by atoms with E-state index in [1.165, 1.54) is 48.1 Å². The third kappa shape index (κ3) is 2.11. The van der Waals surface area contributed by atoms with Gasteiger partial charge in [0.2, 0.25) is 0 Å². The van der Waals surface area contributed by atoms with Gasteiger partial charge in [-0.3, -0.25) is 0 Å². The Morgan fingerprint density at radius 2 is 1.84 bits per heavy atom. The van der Waals surface area contributed by atoms with Crippen molar-refractivity contribution in [2.75, 3.05) is 25.0 Å². The second-order valence-electron chi connectivity index (χ2n) is 6.14. The summed E-state index contributed by atoms with van der Waals surface area (Å²) in [7, 11) is 0. The number of rotatable bonds is 2. The number of piperidine rings is 1. The smallest absolute Gasteiger partial charge is 0.139 e. The number of aromatic nitrogens is 2. The lowest BCUT2D eigenvalue weighted by Crippen LogP contribution is -2.27. The first-order valence-corrected chi connectivity index (χ1v) is 8.36. The number of anilines is 1. The first kappa shape index (κ1) is 12.2. The van der Waals surface area contributed by atoms with Gasteiger partial charge in [0.15, 0.2) is 0 Å². The average Bonchev–Trinajstić information content (AvgIpc) is 3.24. The zero-order chi connectivity index (χ0) is 12.8. The van der Waals surface area contributed by atoms with Gasteiger partial charge in [0.1, 0.15) is 5.82 Å². The summed E-state index contributed by atoms with van der Waals surface area (Å²) in [5.74, 6) is 2.74. The van der Waals surface area contributed by atoms with E-state index in [1.54, 1.807) is 0 Å². The molecule has 1 aromatic heterocycles. The van der Waals surface area contributed by atoms with Crippen molar-refractivity contribution < 1.29 is 0 Å². The van der Waals surface area contributed by atoms with Crippen LogP contribution in [0.25, 0.3) is 0 Å². The lowest BCUT2D eigenvalue weighted by atomic mass is 9.95. The van der Waals surface area contributed by atoms with Crippen molar-refractivity contribution in [1.29, 1.82) is 0 Å². The van der Waals surface area contributed by atoms with Gasteiger partial charge in [-0.15, -0.1) is 0 Å². The standard InChI is InChI=1S/C14H21BrN4/c15-12-13(10-3-6-16-7-4-10)18-19-11(9-1-2-9)5-8-17-14(12)19/h9-11,16-17H,1-8H2. The SMILES string of the molecule is Brc1c(C2CCNCC2)nn2c1NCCC2C1CC1. The van der Waals surface area contributed by atoms with E-state index in [1.807, 2.05) is 0 Å². The van der Waals surface area contributed by atoms with Gasteiger partial charge in [-0.05, 0) is 67.0 Å². The fourth-order valence-electron chi connectivity index (χ4n) is 3.56. The first-order valence-electron chi connectivity index (χ1n) is 7.57. The van der Waals surface area contributed by atoms with Crippen molar-refractivity contribution in [3.63, 3.8) is 0 Å². The highest BCUT2D eigenvalue weighted by molar-refractivity contribution is 9.10. The van der Waals surface area contributed by atoms with Crippen LogP contribution in [-0.4, -0.2) is 29.4 Å². The van der Waals surface area contributed by atoms with Gasteiger partial charge in [0.05, 0.1) is 16.2 Å². The number of hydrogen-bond donors (Lipinski definition) is 2. The number of halogens is 1. The summed E-state index contributed by atoms with van der Waals surface area (Å²) in [5, 5.41) is 12.0. The lowest BCUT2D eigenvalue weighted by Gasteiger charge is -2.25. The summed E-state index contributed by atoms with van der Waals surface area (Å²) in [6, 6.07) is 0.642. The third-order valence-corrected chi connectivity index (χ3v) is 5.60. The molecule has 104 valence electrons. The van der Waals surface area contributed by atoms with Crippen LogP contribution in [0.5, 0.6) is 0 Å². The predicted octanol–water partition coefficient (Wildman–Crippen LogP) is 2.88. The molecule has 1 saturated carbocycles. The van der Waals surface area contributed by atoms with Crippen LogP contribution in [-0.2, 0) is 0 Å². The second-order valence-corrected chi connectivity index (χ2v) is 6.93. The maximum absolute atomic E-state index is 5.00. The molecule has 2 fully saturated rings. The molecule has 0 bridgehead atoms. The molecule has 3 aliphatic rings. The number of fused-ring (bicyclic) bond motifs is 1. The summed E-state index contributed by atoms with van der Waals surface area (Å²) >= 11 is 3.80. The molecule has 0 spiro atoms. The van der Waals surface area contributed by atoms with E-state index in [9.17, 15) is 0 Å². The highest BCUT2D eigenvalue weighted by atomic mass is 79.9. The maximum Gasteiger partial charge on any atom is 0.139 e. The third-order valence-electron chi connectivity index (χ3n) is 4.82. The zero-order valence-electron chi connectivity index (χ0n) is 11.2. The van der Waals surface area contributed by atoms with Gasteiger partial charge < -0.3 is 10.6 Å². The number of hydrogen-bond acceptors (Lipinski definition) is 3. The monoisotopic (exact) mass is 324 g/mol. The Hall–Kier alpha value is -0.550. The maximum atomic E-state index is 5.00. The topological polar surface area (TPSA) is 41.9 Å². The van der Waals surface area contributed by atoms with Crippen LogP contribution in [0.2, 0.25) is 0 Å². The Balaban J connectivity index is 1.68. The Morgan fingerprint density at radius 1 is 1.05 bits per heavy atom. The molecule has 5 heteroatoms. The molecule has 1 aliphatic carbocycles. The summed E-state index contributed by atoms with van der Waals surface area (Å²) in [6.07, 6.45) is 6.44. The summed E-state index contributed by atoms with van der Waals surface area (Å²) in [6.45, 7) is 3.34. The highest BCUT2D eigenvalue weighted by Gasteiger charge is 2.37. The minimum atomic E-state index is 0.621. The van der Waals surface area contributed by atoms with E-state index in [0.717, 1.165) is 25.6 Å². The number of nitrogens with one attached hydrogen (secondary N) is 2. The molecule has 1 unspecified atom stereocenters. The molecule has 1 saturated heterocycles. The summed E-state index contributed by atoms with van der Waals surface area (Å²) in [4.78, 5) is 0. The molecule has 1 aromatic rings. The molecule has 3 heterocycles. The Morgan fingerprint density at radius 3 is 2.58 bits per heavy atom. The molecular formula is C14H21BrN4. The Bertz CT molecular complexity index is 474. The van der Waals surface area contributed by atoms with Crippen LogP contribution in [0.3, 0.4) is 0 Å². The zero-order valence-corrected chi connectivity index (χ0v) is 12.7. The normalized spacial score (nSPS) is 27.9. The second kappa shape index (κ2) is 4.77. The molecule has 19 heavy (non-hydrogen) atoms. The molecule has 0 radical (unpaired) electrons. The van der Waals surface area contributed by atoms with Gasteiger partial charge in [-0.1, -0.05) is 0 Å². The molecule has 4 rings (SSSR count). The molecule has 4 nitrogen and oxygen atoms in total. The quantitative estimate of drug-likeness (QED) is 0.879. The molecule has 0 aromatic carbocycles. The fraction of sp³-hybridized carbons (Fsp3) is 0.786. The van der Waals surface area contributed by atoms with Gasteiger partial charge in [0.25, 0.3) is 0 Å². The molecule has 0 amide bonds. The van der Waals surface area contributed by atoms with E-state index < -0.39 is 0 Å². The van der Waals surface area contributed by atoms with Gasteiger partial charge in [0, 0.05) is 12.5 Å². The Labute approximate surface area is 122 Å². The van der Waals surface area contributed by atoms with Crippen molar-refractivity contribution >= 4 is 21.7 Å². The van der Waals surface area contributed by atoms with Crippen molar-refractivity contribution in [2.24, 2.45) is 5.92 Å². The van der Waals surface area contributed by atoms with Gasteiger partial charge in [-0.2, -0.15) is 5.10 Å². The van der Waals surface area contributed by atoms with Crippen molar-refractivity contribution in [3.8, 4) is 0 Å². The molecule has 2 N–H and O–H groups in total. The lowest BCUT2D eigenvalue weighted by molar-refractivity contribution is 0.367. The Kier molecular flexibility index (Phi) is 3.07. The van der Waals surface area contributed by atoms with E-state index in [2.05, 4.69) is 31.2 Å². The first-order chi connectivity index (χ1) is 9.34. The minimum absolute atomic E-state index is 0.621. The van der Waals surface area contributed by atoms with Crippen LogP contribution in [0, 0.1) is 5.92 Å². The van der Waals surface area contributed by atoms with Crippen LogP contribution < -0.4 is 10.6 Å². The summed E-state index contributed by atoms with van der Waals surface area (Å²) in [5.41, 5.74) is 1.29. The van der Waals surface area contributed by atoms with Crippen molar-refractivity contribution in [1.82, 2.24) is 15.1 Å². The van der Waals surface area contributed by atoms with Gasteiger partial charge in [-0.25, -0.2) is 4.68 Å². The molecular weight excluding hydrogens is 304 g/mol. The highest BCUT2D eigenvalue weighted by Crippen LogP contribution is 2.47. The van der Waals surface area contributed by atoms with Crippen LogP contribution in [0.15, 0.2) is 4.47 Å². The molecule has 2 aliphatic heterocycles. The van der Waals surface area contributed by atoms with Crippen molar-refractivity contribution in [2.45, 2.75) is 44.1 Å². The van der Waals surface area contributed by atoms with Crippen LogP contribution in [0.1, 0.15) is 49.8 Å². The molecule has 1 atom stereocenters. The van der Waals surface area contributed by atoms with E-state index in [0.29, 0.717) is 12.0 Å². The van der Waals surface area contributed by atoms with Crippen LogP contribution in [0.4, 0.5) is 5.82 Å².